The zero-order chi connectivity index (χ0) is 15.6. The molecular formula is C18H23NO3. The molecule has 0 amide bonds. The summed E-state index contributed by atoms with van der Waals surface area (Å²) in [6.07, 6.45) is 0.545. The molecule has 2 aromatic rings. The van der Waals surface area contributed by atoms with E-state index in [1.165, 1.54) is 0 Å². The Morgan fingerprint density at radius 1 is 1.00 bits per heavy atom. The lowest BCUT2D eigenvalue weighted by Gasteiger charge is -2.12. The van der Waals surface area contributed by atoms with Crippen LogP contribution in [-0.2, 0) is 11.3 Å². The fourth-order valence-corrected chi connectivity index (χ4v) is 2.12. The van der Waals surface area contributed by atoms with Gasteiger partial charge in [-0.2, -0.15) is 0 Å². The molecule has 0 aromatic heterocycles. The second kappa shape index (κ2) is 9.20. The molecule has 0 aliphatic heterocycles. The molecule has 118 valence electrons. The number of benzene rings is 2. The average molecular weight is 301 g/mol. The molecule has 3 N–H and O–H groups in total. The first kappa shape index (κ1) is 16.5. The molecule has 0 radical (unpaired) electrons. The van der Waals surface area contributed by atoms with Gasteiger partial charge in [-0.1, -0.05) is 42.5 Å². The minimum absolute atomic E-state index is 0.0829. The third-order valence-electron chi connectivity index (χ3n) is 3.33. The SMILES string of the molecule is NC(CCO)c1cccc(OCCOCc2ccccc2)c1. The van der Waals surface area contributed by atoms with Crippen LogP contribution in [0.4, 0.5) is 0 Å². The van der Waals surface area contributed by atoms with Crippen molar-refractivity contribution in [2.24, 2.45) is 5.73 Å². The highest BCUT2D eigenvalue weighted by Gasteiger charge is 2.06. The summed E-state index contributed by atoms with van der Waals surface area (Å²) in [5.74, 6) is 0.772. The summed E-state index contributed by atoms with van der Waals surface area (Å²) < 4.78 is 11.2. The Morgan fingerprint density at radius 2 is 1.82 bits per heavy atom. The topological polar surface area (TPSA) is 64.7 Å². The van der Waals surface area contributed by atoms with Gasteiger partial charge in [0.05, 0.1) is 13.2 Å². The van der Waals surface area contributed by atoms with Gasteiger partial charge in [-0.25, -0.2) is 0 Å². The third kappa shape index (κ3) is 5.48. The van der Waals surface area contributed by atoms with Gasteiger partial charge in [0.15, 0.2) is 0 Å². The van der Waals surface area contributed by atoms with Crippen LogP contribution >= 0.6 is 0 Å². The van der Waals surface area contributed by atoms with Crippen molar-refractivity contribution in [2.45, 2.75) is 19.1 Å². The van der Waals surface area contributed by atoms with Gasteiger partial charge < -0.3 is 20.3 Å². The Balaban J connectivity index is 1.71. The molecule has 0 fully saturated rings. The van der Waals surface area contributed by atoms with Crippen LogP contribution in [0.15, 0.2) is 54.6 Å². The largest absolute Gasteiger partial charge is 0.491 e. The molecule has 0 saturated carbocycles. The molecule has 4 nitrogen and oxygen atoms in total. The van der Waals surface area contributed by atoms with E-state index >= 15 is 0 Å². The second-order valence-corrected chi connectivity index (χ2v) is 5.08. The van der Waals surface area contributed by atoms with Crippen molar-refractivity contribution in [1.29, 1.82) is 0 Å². The van der Waals surface area contributed by atoms with Crippen LogP contribution in [0.2, 0.25) is 0 Å². The lowest BCUT2D eigenvalue weighted by Crippen LogP contribution is -2.12. The third-order valence-corrected chi connectivity index (χ3v) is 3.33. The number of hydrogen-bond acceptors (Lipinski definition) is 4. The van der Waals surface area contributed by atoms with Crippen molar-refractivity contribution in [1.82, 2.24) is 0 Å². The van der Waals surface area contributed by atoms with Gasteiger partial charge in [-0.05, 0) is 29.7 Å². The normalized spacial score (nSPS) is 12.1. The van der Waals surface area contributed by atoms with Crippen LogP contribution in [-0.4, -0.2) is 24.9 Å². The molecule has 0 bridgehead atoms. The maximum atomic E-state index is 8.93. The number of hydrogen-bond donors (Lipinski definition) is 2. The van der Waals surface area contributed by atoms with Gasteiger partial charge in [-0.3, -0.25) is 0 Å². The number of aliphatic hydroxyl groups is 1. The van der Waals surface area contributed by atoms with Crippen molar-refractivity contribution in [3.05, 3.63) is 65.7 Å². The summed E-state index contributed by atoms with van der Waals surface area (Å²) in [7, 11) is 0. The van der Waals surface area contributed by atoms with Crippen molar-refractivity contribution >= 4 is 0 Å². The van der Waals surface area contributed by atoms with E-state index in [0.717, 1.165) is 16.9 Å². The van der Waals surface area contributed by atoms with E-state index in [4.69, 9.17) is 20.3 Å². The lowest BCUT2D eigenvalue weighted by molar-refractivity contribution is 0.0889. The molecule has 0 aliphatic carbocycles. The highest BCUT2D eigenvalue weighted by Crippen LogP contribution is 2.19. The molecule has 22 heavy (non-hydrogen) atoms. The summed E-state index contributed by atoms with van der Waals surface area (Å²) in [5, 5.41) is 8.93. The Morgan fingerprint density at radius 3 is 2.59 bits per heavy atom. The Bertz CT molecular complexity index is 545. The quantitative estimate of drug-likeness (QED) is 0.699. The molecule has 4 heteroatoms. The number of ether oxygens (including phenoxy) is 2. The molecule has 1 unspecified atom stereocenters. The standard InChI is InChI=1S/C18H23NO3/c19-18(9-10-20)16-7-4-8-17(13-16)22-12-11-21-14-15-5-2-1-3-6-15/h1-8,13,18,20H,9-12,14,19H2. The molecule has 0 spiro atoms. The van der Waals surface area contributed by atoms with Crippen molar-refractivity contribution in [3.8, 4) is 5.75 Å². The van der Waals surface area contributed by atoms with E-state index < -0.39 is 0 Å². The smallest absolute Gasteiger partial charge is 0.119 e. The first-order valence-electron chi connectivity index (χ1n) is 7.50. The van der Waals surface area contributed by atoms with Gasteiger partial charge >= 0.3 is 0 Å². The summed E-state index contributed by atoms with van der Waals surface area (Å²) in [5.41, 5.74) is 8.10. The molecule has 0 heterocycles. The molecule has 2 aromatic carbocycles. The van der Waals surface area contributed by atoms with Crippen LogP contribution in [0.3, 0.4) is 0 Å². The molecule has 1 atom stereocenters. The predicted molar refractivity (Wildman–Crippen MR) is 86.7 cm³/mol. The second-order valence-electron chi connectivity index (χ2n) is 5.08. The van der Waals surface area contributed by atoms with E-state index in [1.54, 1.807) is 0 Å². The molecule has 2 rings (SSSR count). The predicted octanol–water partition coefficient (Wildman–Crippen LogP) is 2.66. The molecular weight excluding hydrogens is 278 g/mol. The average Bonchev–Trinajstić information content (AvgIpc) is 2.56. The van der Waals surface area contributed by atoms with Gasteiger partial charge in [0.1, 0.15) is 12.4 Å². The number of aliphatic hydroxyl groups excluding tert-OH is 1. The van der Waals surface area contributed by atoms with E-state index in [0.29, 0.717) is 26.2 Å². The monoisotopic (exact) mass is 301 g/mol. The maximum absolute atomic E-state index is 8.93. The first-order valence-corrected chi connectivity index (χ1v) is 7.50. The summed E-state index contributed by atoms with van der Waals surface area (Å²) in [6, 6.07) is 17.5. The van der Waals surface area contributed by atoms with Crippen LogP contribution < -0.4 is 10.5 Å². The van der Waals surface area contributed by atoms with Crippen LogP contribution in [0.25, 0.3) is 0 Å². The fourth-order valence-electron chi connectivity index (χ4n) is 2.12. The Hall–Kier alpha value is -1.88. The summed E-state index contributed by atoms with van der Waals surface area (Å²) in [6.45, 7) is 1.69. The van der Waals surface area contributed by atoms with E-state index in [2.05, 4.69) is 0 Å². The van der Waals surface area contributed by atoms with E-state index in [-0.39, 0.29) is 12.6 Å². The van der Waals surface area contributed by atoms with Gasteiger partial charge in [0, 0.05) is 12.6 Å². The van der Waals surface area contributed by atoms with Gasteiger partial charge in [-0.15, -0.1) is 0 Å². The van der Waals surface area contributed by atoms with Gasteiger partial charge in [0.2, 0.25) is 0 Å². The van der Waals surface area contributed by atoms with Crippen molar-refractivity contribution < 1.29 is 14.6 Å². The zero-order valence-electron chi connectivity index (χ0n) is 12.7. The first-order chi connectivity index (χ1) is 10.8. The summed E-state index contributed by atoms with van der Waals surface area (Å²) >= 11 is 0. The maximum Gasteiger partial charge on any atom is 0.119 e. The van der Waals surface area contributed by atoms with E-state index in [9.17, 15) is 0 Å². The highest BCUT2D eigenvalue weighted by atomic mass is 16.5. The molecule has 0 saturated heterocycles. The number of rotatable bonds is 9. The zero-order valence-corrected chi connectivity index (χ0v) is 12.7. The van der Waals surface area contributed by atoms with Crippen molar-refractivity contribution in [2.75, 3.05) is 19.8 Å². The lowest BCUT2D eigenvalue weighted by atomic mass is 10.1. The fraction of sp³-hybridized carbons (Fsp3) is 0.333. The molecule has 0 aliphatic rings. The highest BCUT2D eigenvalue weighted by molar-refractivity contribution is 5.30. The van der Waals surface area contributed by atoms with Crippen molar-refractivity contribution in [3.63, 3.8) is 0 Å². The Labute approximate surface area is 131 Å². The minimum Gasteiger partial charge on any atom is -0.491 e. The minimum atomic E-state index is -0.164. The Kier molecular flexibility index (Phi) is 6.90. The number of nitrogens with two attached hydrogens (primary N) is 1. The summed E-state index contributed by atoms with van der Waals surface area (Å²) in [4.78, 5) is 0. The van der Waals surface area contributed by atoms with Crippen LogP contribution in [0.5, 0.6) is 5.75 Å². The van der Waals surface area contributed by atoms with Crippen LogP contribution in [0, 0.1) is 0 Å². The van der Waals surface area contributed by atoms with E-state index in [1.807, 2.05) is 54.6 Å². The van der Waals surface area contributed by atoms with Crippen LogP contribution in [0.1, 0.15) is 23.6 Å². The van der Waals surface area contributed by atoms with Gasteiger partial charge in [0.25, 0.3) is 0 Å².